The van der Waals surface area contributed by atoms with Crippen LogP contribution in [0.5, 0.6) is 0 Å². The third kappa shape index (κ3) is 2.97. The Balaban J connectivity index is 2.54. The predicted molar refractivity (Wildman–Crippen MR) is 50.1 cm³/mol. The number of β-amino-alcohol motifs (C(OH)–C–C–N with tert-alkyl or cyclic N) is 1. The van der Waals surface area contributed by atoms with E-state index in [1.54, 1.807) is 13.8 Å². The fraction of sp³-hybridized carbons (Fsp3) is 0.889. The molecular weight excluding hydrogens is 168 g/mol. The van der Waals surface area contributed by atoms with Gasteiger partial charge in [0.2, 0.25) is 5.91 Å². The van der Waals surface area contributed by atoms with Gasteiger partial charge in [0.15, 0.2) is 0 Å². The van der Waals surface area contributed by atoms with Crippen LogP contribution in [0.15, 0.2) is 0 Å². The van der Waals surface area contributed by atoms with Gasteiger partial charge in [0.25, 0.3) is 0 Å². The maximum atomic E-state index is 11.0. The first-order valence-electron chi connectivity index (χ1n) is 4.66. The number of aliphatic hydroxyl groups is 1. The monoisotopic (exact) mass is 186 g/mol. The molecule has 1 saturated heterocycles. The lowest BCUT2D eigenvalue weighted by molar-refractivity contribution is -0.123. The Morgan fingerprint density at radius 1 is 1.69 bits per heavy atom. The molecule has 13 heavy (non-hydrogen) atoms. The van der Waals surface area contributed by atoms with E-state index in [4.69, 9.17) is 5.73 Å². The summed E-state index contributed by atoms with van der Waals surface area (Å²) >= 11 is 0. The van der Waals surface area contributed by atoms with E-state index in [0.29, 0.717) is 6.54 Å². The minimum Gasteiger partial charge on any atom is -0.389 e. The summed E-state index contributed by atoms with van der Waals surface area (Å²) in [6, 6.07) is -0.175. The molecule has 0 aromatic rings. The third-order valence-corrected chi connectivity index (χ3v) is 2.28. The minimum atomic E-state index is -0.752. The van der Waals surface area contributed by atoms with Crippen LogP contribution in [0.4, 0.5) is 0 Å². The number of primary amides is 1. The molecule has 1 fully saturated rings. The number of carbonyl (C=O) groups is 1. The summed E-state index contributed by atoms with van der Waals surface area (Å²) in [4.78, 5) is 13.0. The van der Waals surface area contributed by atoms with Gasteiger partial charge >= 0.3 is 0 Å². The average molecular weight is 186 g/mol. The van der Waals surface area contributed by atoms with Gasteiger partial charge in [0.05, 0.1) is 11.6 Å². The smallest absolute Gasteiger partial charge is 0.234 e. The second-order valence-electron chi connectivity index (χ2n) is 4.34. The molecular formula is C9H18N2O2. The standard InChI is InChI=1S/C9H18N2O2/c1-9(2,13)6-11-5-3-4-7(11)8(10)12/h7,13H,3-6H2,1-2H3,(H2,10,12). The lowest BCUT2D eigenvalue weighted by Crippen LogP contribution is -2.46. The lowest BCUT2D eigenvalue weighted by Gasteiger charge is -2.28. The summed E-state index contributed by atoms with van der Waals surface area (Å²) < 4.78 is 0. The summed E-state index contributed by atoms with van der Waals surface area (Å²) in [7, 11) is 0. The minimum absolute atomic E-state index is 0.175. The van der Waals surface area contributed by atoms with Crippen LogP contribution in [-0.4, -0.2) is 40.6 Å². The van der Waals surface area contributed by atoms with Crippen LogP contribution in [0.2, 0.25) is 0 Å². The molecule has 1 rings (SSSR count). The van der Waals surface area contributed by atoms with Crippen molar-refractivity contribution >= 4 is 5.91 Å². The number of likely N-dealkylation sites (tertiary alicyclic amines) is 1. The van der Waals surface area contributed by atoms with E-state index in [0.717, 1.165) is 19.4 Å². The average Bonchev–Trinajstić information content (AvgIpc) is 2.31. The lowest BCUT2D eigenvalue weighted by atomic mass is 10.1. The highest BCUT2D eigenvalue weighted by Gasteiger charge is 2.31. The van der Waals surface area contributed by atoms with Gasteiger partial charge in [-0.2, -0.15) is 0 Å². The van der Waals surface area contributed by atoms with Crippen LogP contribution < -0.4 is 5.73 Å². The van der Waals surface area contributed by atoms with Gasteiger partial charge in [0.1, 0.15) is 0 Å². The second kappa shape index (κ2) is 3.64. The zero-order chi connectivity index (χ0) is 10.1. The number of nitrogens with zero attached hydrogens (tertiary/aromatic N) is 1. The molecule has 1 unspecified atom stereocenters. The Labute approximate surface area is 78.7 Å². The van der Waals surface area contributed by atoms with Crippen LogP contribution in [0.3, 0.4) is 0 Å². The predicted octanol–water partition coefficient (Wildman–Crippen LogP) is -0.293. The van der Waals surface area contributed by atoms with Crippen molar-refractivity contribution in [2.75, 3.05) is 13.1 Å². The van der Waals surface area contributed by atoms with Gasteiger partial charge in [-0.1, -0.05) is 0 Å². The van der Waals surface area contributed by atoms with Crippen molar-refractivity contribution in [1.82, 2.24) is 4.90 Å². The number of nitrogens with two attached hydrogens (primary N) is 1. The molecule has 1 aliphatic heterocycles. The molecule has 4 heteroatoms. The number of rotatable bonds is 3. The highest BCUT2D eigenvalue weighted by Crippen LogP contribution is 2.19. The molecule has 4 nitrogen and oxygen atoms in total. The van der Waals surface area contributed by atoms with Crippen molar-refractivity contribution in [3.63, 3.8) is 0 Å². The number of amides is 1. The van der Waals surface area contributed by atoms with Gasteiger partial charge in [-0.15, -0.1) is 0 Å². The molecule has 0 radical (unpaired) electrons. The van der Waals surface area contributed by atoms with Gasteiger partial charge in [-0.3, -0.25) is 9.69 Å². The van der Waals surface area contributed by atoms with Crippen molar-refractivity contribution < 1.29 is 9.90 Å². The molecule has 1 atom stereocenters. The zero-order valence-electron chi connectivity index (χ0n) is 8.29. The Bertz CT molecular complexity index is 198. The maximum absolute atomic E-state index is 11.0. The maximum Gasteiger partial charge on any atom is 0.234 e. The Hall–Kier alpha value is -0.610. The molecule has 0 aromatic carbocycles. The molecule has 3 N–H and O–H groups in total. The van der Waals surface area contributed by atoms with Crippen molar-refractivity contribution in [2.45, 2.75) is 38.3 Å². The van der Waals surface area contributed by atoms with Crippen molar-refractivity contribution in [2.24, 2.45) is 5.73 Å². The normalized spacial score (nSPS) is 25.0. The van der Waals surface area contributed by atoms with E-state index in [2.05, 4.69) is 0 Å². The van der Waals surface area contributed by atoms with Gasteiger partial charge in [-0.25, -0.2) is 0 Å². The zero-order valence-corrected chi connectivity index (χ0v) is 8.29. The quantitative estimate of drug-likeness (QED) is 0.636. The van der Waals surface area contributed by atoms with Crippen molar-refractivity contribution in [3.05, 3.63) is 0 Å². The van der Waals surface area contributed by atoms with Gasteiger partial charge < -0.3 is 10.8 Å². The summed E-state index contributed by atoms with van der Waals surface area (Å²) in [6.07, 6.45) is 1.81. The SMILES string of the molecule is CC(C)(O)CN1CCCC1C(N)=O. The van der Waals surface area contributed by atoms with Crippen LogP contribution in [0.25, 0.3) is 0 Å². The van der Waals surface area contributed by atoms with Gasteiger partial charge in [-0.05, 0) is 33.2 Å². The van der Waals surface area contributed by atoms with E-state index < -0.39 is 5.60 Å². The van der Waals surface area contributed by atoms with Crippen LogP contribution in [0.1, 0.15) is 26.7 Å². The van der Waals surface area contributed by atoms with Crippen LogP contribution >= 0.6 is 0 Å². The summed E-state index contributed by atoms with van der Waals surface area (Å²) in [6.45, 7) is 4.85. The Morgan fingerprint density at radius 2 is 2.31 bits per heavy atom. The van der Waals surface area contributed by atoms with Crippen molar-refractivity contribution in [1.29, 1.82) is 0 Å². The highest BCUT2D eigenvalue weighted by molar-refractivity contribution is 5.80. The van der Waals surface area contributed by atoms with Crippen LogP contribution in [-0.2, 0) is 4.79 Å². The van der Waals surface area contributed by atoms with Gasteiger partial charge in [0, 0.05) is 6.54 Å². The molecule has 1 heterocycles. The molecule has 0 spiro atoms. The number of hydrogen-bond acceptors (Lipinski definition) is 3. The largest absolute Gasteiger partial charge is 0.389 e. The first kappa shape index (κ1) is 10.5. The molecule has 1 amide bonds. The first-order chi connectivity index (χ1) is 5.90. The van der Waals surface area contributed by atoms with E-state index in [-0.39, 0.29) is 11.9 Å². The van der Waals surface area contributed by atoms with E-state index >= 15 is 0 Å². The molecule has 76 valence electrons. The fourth-order valence-corrected chi connectivity index (χ4v) is 1.83. The molecule has 0 saturated carbocycles. The molecule has 0 aliphatic carbocycles. The first-order valence-corrected chi connectivity index (χ1v) is 4.66. The number of carbonyl (C=O) groups excluding carboxylic acids is 1. The van der Waals surface area contributed by atoms with E-state index in [1.165, 1.54) is 0 Å². The van der Waals surface area contributed by atoms with Crippen LogP contribution in [0, 0.1) is 0 Å². The second-order valence-corrected chi connectivity index (χ2v) is 4.34. The number of hydrogen-bond donors (Lipinski definition) is 2. The third-order valence-electron chi connectivity index (χ3n) is 2.28. The molecule has 1 aliphatic rings. The topological polar surface area (TPSA) is 66.6 Å². The van der Waals surface area contributed by atoms with Crippen molar-refractivity contribution in [3.8, 4) is 0 Å². The summed E-state index contributed by atoms with van der Waals surface area (Å²) in [5.74, 6) is -0.276. The Morgan fingerprint density at radius 3 is 2.77 bits per heavy atom. The highest BCUT2D eigenvalue weighted by atomic mass is 16.3. The van der Waals surface area contributed by atoms with E-state index in [9.17, 15) is 9.90 Å². The Kier molecular flexibility index (Phi) is 2.93. The molecule has 0 bridgehead atoms. The summed E-state index contributed by atoms with van der Waals surface area (Å²) in [5, 5.41) is 9.58. The van der Waals surface area contributed by atoms with E-state index in [1.807, 2.05) is 4.90 Å². The summed E-state index contributed by atoms with van der Waals surface area (Å²) in [5.41, 5.74) is 4.49. The molecule has 0 aromatic heterocycles. The fourth-order valence-electron chi connectivity index (χ4n) is 1.83.